The largest absolute Gasteiger partial charge is 0.331 e. The van der Waals surface area contributed by atoms with Crippen LogP contribution in [0.25, 0.3) is 11.3 Å². The van der Waals surface area contributed by atoms with Gasteiger partial charge in [-0.25, -0.2) is 4.98 Å². The molecule has 25 heavy (non-hydrogen) atoms. The number of hydrogen-bond acceptors (Lipinski definition) is 4. The highest BCUT2D eigenvalue weighted by Gasteiger charge is 2.07. The molecule has 3 rings (SSSR count). The molecule has 0 saturated carbocycles. The number of hydrogen-bond donors (Lipinski definition) is 2. The van der Waals surface area contributed by atoms with Crippen LogP contribution >= 0.6 is 11.3 Å². The highest BCUT2D eigenvalue weighted by atomic mass is 32.1. The number of anilines is 3. The second kappa shape index (κ2) is 7.49. The molecule has 5 heteroatoms. The van der Waals surface area contributed by atoms with Gasteiger partial charge in [-0.3, -0.25) is 4.79 Å². The highest BCUT2D eigenvalue weighted by Crippen LogP contribution is 2.29. The number of carbonyl (C=O) groups excluding carboxylic acids is 1. The molecule has 0 unspecified atom stereocenters. The van der Waals surface area contributed by atoms with E-state index in [1.54, 1.807) is 11.3 Å². The van der Waals surface area contributed by atoms with Crippen molar-refractivity contribution in [2.75, 3.05) is 10.6 Å². The molecule has 0 radical (unpaired) electrons. The summed E-state index contributed by atoms with van der Waals surface area (Å²) in [5.74, 6) is 0.441. The summed E-state index contributed by atoms with van der Waals surface area (Å²) >= 11 is 1.56. The van der Waals surface area contributed by atoms with Gasteiger partial charge in [0.25, 0.3) is 0 Å². The fourth-order valence-electron chi connectivity index (χ4n) is 2.50. The van der Waals surface area contributed by atoms with E-state index in [0.717, 1.165) is 27.8 Å². The Morgan fingerprint density at radius 1 is 1.08 bits per heavy atom. The first-order valence-corrected chi connectivity index (χ1v) is 9.10. The van der Waals surface area contributed by atoms with Gasteiger partial charge in [0, 0.05) is 29.2 Å². The van der Waals surface area contributed by atoms with Gasteiger partial charge in [-0.15, -0.1) is 11.3 Å². The summed E-state index contributed by atoms with van der Waals surface area (Å²) in [6.45, 7) is 5.88. The van der Waals surface area contributed by atoms with E-state index in [1.807, 2.05) is 29.6 Å². The van der Waals surface area contributed by atoms with Gasteiger partial charge in [-0.05, 0) is 29.7 Å². The summed E-state index contributed by atoms with van der Waals surface area (Å²) in [6, 6.07) is 16.1. The van der Waals surface area contributed by atoms with Gasteiger partial charge in [-0.2, -0.15) is 0 Å². The Labute approximate surface area is 151 Å². The van der Waals surface area contributed by atoms with Gasteiger partial charge >= 0.3 is 0 Å². The molecule has 0 aliphatic heterocycles. The van der Waals surface area contributed by atoms with Crippen LogP contribution in [0.1, 0.15) is 32.3 Å². The molecule has 0 saturated heterocycles. The van der Waals surface area contributed by atoms with E-state index < -0.39 is 0 Å². The Morgan fingerprint density at radius 2 is 1.80 bits per heavy atom. The smallest absolute Gasteiger partial charge is 0.221 e. The Balaban J connectivity index is 1.74. The average Bonchev–Trinajstić information content (AvgIpc) is 3.03. The van der Waals surface area contributed by atoms with Crippen LogP contribution < -0.4 is 10.6 Å². The molecule has 0 bridgehead atoms. The van der Waals surface area contributed by atoms with Crippen LogP contribution in [0.2, 0.25) is 0 Å². The third-order valence-electron chi connectivity index (χ3n) is 3.81. The van der Waals surface area contributed by atoms with Crippen molar-refractivity contribution in [2.45, 2.75) is 26.7 Å². The first-order valence-electron chi connectivity index (χ1n) is 8.22. The average molecular weight is 351 g/mol. The van der Waals surface area contributed by atoms with E-state index in [2.05, 4.69) is 53.7 Å². The number of benzene rings is 2. The summed E-state index contributed by atoms with van der Waals surface area (Å²) in [5, 5.41) is 8.94. The van der Waals surface area contributed by atoms with Crippen molar-refractivity contribution < 1.29 is 4.79 Å². The molecule has 1 aromatic heterocycles. The van der Waals surface area contributed by atoms with Gasteiger partial charge < -0.3 is 10.6 Å². The van der Waals surface area contributed by atoms with E-state index in [-0.39, 0.29) is 5.91 Å². The minimum atomic E-state index is -0.0847. The van der Waals surface area contributed by atoms with Gasteiger partial charge in [-0.1, -0.05) is 44.2 Å². The maximum absolute atomic E-state index is 11.2. The topological polar surface area (TPSA) is 54.0 Å². The van der Waals surface area contributed by atoms with Gasteiger partial charge in [0.05, 0.1) is 5.69 Å². The molecule has 0 aliphatic carbocycles. The van der Waals surface area contributed by atoms with Crippen LogP contribution in [-0.2, 0) is 4.79 Å². The minimum absolute atomic E-state index is 0.0847. The molecule has 2 N–H and O–H groups in total. The maximum Gasteiger partial charge on any atom is 0.221 e. The highest BCUT2D eigenvalue weighted by molar-refractivity contribution is 7.14. The van der Waals surface area contributed by atoms with Crippen LogP contribution in [0.3, 0.4) is 0 Å². The molecule has 0 fully saturated rings. The van der Waals surface area contributed by atoms with Crippen molar-refractivity contribution in [3.05, 3.63) is 59.5 Å². The lowest BCUT2D eigenvalue weighted by Crippen LogP contribution is -2.05. The zero-order valence-electron chi connectivity index (χ0n) is 14.5. The van der Waals surface area contributed by atoms with Crippen LogP contribution in [0.4, 0.5) is 16.5 Å². The standard InChI is InChI=1S/C20H21N3OS/c1-13(2)15-7-9-16(10-8-15)19-12-25-20(23-19)22-18-6-4-5-17(11-18)21-14(3)24/h4-13H,1-3H3,(H,21,24)(H,22,23). The van der Waals surface area contributed by atoms with Crippen molar-refractivity contribution in [2.24, 2.45) is 0 Å². The normalized spacial score (nSPS) is 10.7. The van der Waals surface area contributed by atoms with Crippen LogP contribution in [-0.4, -0.2) is 10.9 Å². The molecule has 0 aliphatic rings. The third-order valence-corrected chi connectivity index (χ3v) is 4.57. The molecule has 4 nitrogen and oxygen atoms in total. The summed E-state index contributed by atoms with van der Waals surface area (Å²) < 4.78 is 0. The number of nitrogens with one attached hydrogen (secondary N) is 2. The number of nitrogens with zero attached hydrogens (tertiary/aromatic N) is 1. The molecule has 1 amide bonds. The van der Waals surface area contributed by atoms with Crippen molar-refractivity contribution >= 4 is 33.8 Å². The quantitative estimate of drug-likeness (QED) is 0.626. The third kappa shape index (κ3) is 4.45. The minimum Gasteiger partial charge on any atom is -0.331 e. The molecular weight excluding hydrogens is 330 g/mol. The fraction of sp³-hybridized carbons (Fsp3) is 0.200. The predicted octanol–water partition coefficient (Wildman–Crippen LogP) is 5.64. The second-order valence-electron chi connectivity index (χ2n) is 6.20. The monoisotopic (exact) mass is 351 g/mol. The summed E-state index contributed by atoms with van der Waals surface area (Å²) in [7, 11) is 0. The van der Waals surface area contributed by atoms with E-state index in [0.29, 0.717) is 5.92 Å². The first-order chi connectivity index (χ1) is 12.0. The van der Waals surface area contributed by atoms with E-state index in [4.69, 9.17) is 0 Å². The number of rotatable bonds is 5. The number of thiazole rings is 1. The lowest BCUT2D eigenvalue weighted by molar-refractivity contribution is -0.114. The zero-order valence-corrected chi connectivity index (χ0v) is 15.4. The fourth-order valence-corrected chi connectivity index (χ4v) is 3.24. The predicted molar refractivity (Wildman–Crippen MR) is 106 cm³/mol. The number of amides is 1. The Morgan fingerprint density at radius 3 is 2.48 bits per heavy atom. The maximum atomic E-state index is 11.2. The number of carbonyl (C=O) groups is 1. The summed E-state index contributed by atoms with van der Waals surface area (Å²) in [4.78, 5) is 15.8. The van der Waals surface area contributed by atoms with E-state index in [1.165, 1.54) is 12.5 Å². The van der Waals surface area contributed by atoms with Crippen molar-refractivity contribution in [1.82, 2.24) is 4.98 Å². The molecule has 2 aromatic carbocycles. The molecule has 1 heterocycles. The Bertz CT molecular complexity index is 869. The Hall–Kier alpha value is -2.66. The molecular formula is C20H21N3OS. The second-order valence-corrected chi connectivity index (χ2v) is 7.06. The SMILES string of the molecule is CC(=O)Nc1cccc(Nc2nc(-c3ccc(C(C)C)cc3)cs2)c1. The number of aromatic nitrogens is 1. The van der Waals surface area contributed by atoms with E-state index in [9.17, 15) is 4.79 Å². The zero-order chi connectivity index (χ0) is 17.8. The van der Waals surface area contributed by atoms with Crippen LogP contribution in [0.5, 0.6) is 0 Å². The van der Waals surface area contributed by atoms with Gasteiger partial charge in [0.15, 0.2) is 5.13 Å². The van der Waals surface area contributed by atoms with Crippen LogP contribution in [0, 0.1) is 0 Å². The van der Waals surface area contributed by atoms with Gasteiger partial charge in [0.2, 0.25) is 5.91 Å². The first kappa shape index (κ1) is 17.2. The van der Waals surface area contributed by atoms with E-state index >= 15 is 0 Å². The molecule has 0 atom stereocenters. The molecule has 3 aromatic rings. The summed E-state index contributed by atoms with van der Waals surface area (Å²) in [6.07, 6.45) is 0. The lowest BCUT2D eigenvalue weighted by Gasteiger charge is -2.06. The van der Waals surface area contributed by atoms with Gasteiger partial charge in [0.1, 0.15) is 0 Å². The van der Waals surface area contributed by atoms with Crippen molar-refractivity contribution in [3.8, 4) is 11.3 Å². The molecule has 128 valence electrons. The van der Waals surface area contributed by atoms with Crippen molar-refractivity contribution in [3.63, 3.8) is 0 Å². The Kier molecular flexibility index (Phi) is 5.14. The lowest BCUT2D eigenvalue weighted by atomic mass is 10.0. The van der Waals surface area contributed by atoms with Crippen molar-refractivity contribution in [1.29, 1.82) is 0 Å². The summed E-state index contributed by atoms with van der Waals surface area (Å²) in [5.41, 5.74) is 5.05. The molecule has 0 spiro atoms. The van der Waals surface area contributed by atoms with Crippen LogP contribution in [0.15, 0.2) is 53.9 Å².